The predicted molar refractivity (Wildman–Crippen MR) is 188 cm³/mol. The average Bonchev–Trinajstić information content (AvgIpc) is 3.73. The molecule has 0 saturated carbocycles. The van der Waals surface area contributed by atoms with Crippen LogP contribution in [-0.4, -0.2) is 0 Å². The molecule has 2 aliphatic rings. The molecule has 236 valence electrons. The quantitative estimate of drug-likeness (QED) is 0.199. The third-order valence-electron chi connectivity index (χ3n) is 8.96. The van der Waals surface area contributed by atoms with E-state index in [0.29, 0.717) is 7.25 Å². The van der Waals surface area contributed by atoms with Crippen LogP contribution in [0.25, 0.3) is 23.3 Å². The van der Waals surface area contributed by atoms with Gasteiger partial charge in [-0.3, -0.25) is 0 Å². The fourth-order valence-corrected chi connectivity index (χ4v) is 14.7. The Kier molecular flexibility index (Phi) is 11.8. The molecule has 0 spiro atoms. The van der Waals surface area contributed by atoms with E-state index in [1.807, 2.05) is 22.7 Å². The molecule has 6 rings (SSSR count). The molecule has 0 bridgehead atoms. The van der Waals surface area contributed by atoms with E-state index in [1.54, 1.807) is 22.3 Å². The number of rotatable bonds is 8. The maximum atomic E-state index is 2.61. The fraction of sp³-hybridized carbons (Fsp3) is 0.400. The van der Waals surface area contributed by atoms with E-state index in [1.165, 1.54) is 67.4 Å². The van der Waals surface area contributed by atoms with Gasteiger partial charge in [-0.25, -0.2) is 0 Å². The minimum Gasteiger partial charge on any atom is -1.00 e. The van der Waals surface area contributed by atoms with Gasteiger partial charge in [-0.2, -0.15) is 0 Å². The van der Waals surface area contributed by atoms with Crippen molar-refractivity contribution in [3.05, 3.63) is 114 Å². The van der Waals surface area contributed by atoms with E-state index in [9.17, 15) is 0 Å². The average molecular weight is 753 g/mol. The number of fused-ring (bicyclic) bond motifs is 2. The molecule has 5 heteroatoms. The van der Waals surface area contributed by atoms with Crippen molar-refractivity contribution in [2.75, 3.05) is 0 Å². The Bertz CT molecular complexity index is 1580. The van der Waals surface area contributed by atoms with Crippen molar-refractivity contribution >= 4 is 46.0 Å². The largest absolute Gasteiger partial charge is 1.00 e. The van der Waals surface area contributed by atoms with Crippen LogP contribution in [-0.2, 0) is 46.9 Å². The standard InChI is InChI=1S/2C20H23S.2ClH.Zr/c2*1-5-7-16-10-11-19(21-16)15-12-14-8-6-9-18(17(14)13-15)20(2,3)4;;;/h2*6,8-13H,5,7H2,1-4H3;2*1H;/q;;;;+2/p-2. The van der Waals surface area contributed by atoms with Crippen molar-refractivity contribution in [3.8, 4) is 0 Å². The maximum absolute atomic E-state index is 2.61. The van der Waals surface area contributed by atoms with Crippen LogP contribution in [0.4, 0.5) is 0 Å². The molecule has 0 saturated heterocycles. The SMILES string of the molecule is CCCc1ccc(C2=Cc3c(cccc3C(C)(C)C)[CH]2[Zr+2][CH]2C(c3ccc(CCC)s3)=Cc3c2cccc3C(C)(C)C)s1.[Cl-].[Cl-]. The normalized spacial score (nSPS) is 17.1. The number of allylic oxidation sites excluding steroid dienone is 2. The summed E-state index contributed by atoms with van der Waals surface area (Å²) in [4.78, 5) is 6.05. The van der Waals surface area contributed by atoms with Gasteiger partial charge in [-0.1, -0.05) is 0 Å². The molecule has 2 atom stereocenters. The van der Waals surface area contributed by atoms with Crippen LogP contribution in [0.2, 0.25) is 0 Å². The molecule has 45 heavy (non-hydrogen) atoms. The van der Waals surface area contributed by atoms with Gasteiger partial charge in [0.15, 0.2) is 0 Å². The zero-order valence-corrected chi connectivity index (χ0v) is 33.6. The van der Waals surface area contributed by atoms with Gasteiger partial charge < -0.3 is 24.8 Å². The molecule has 2 aromatic heterocycles. The van der Waals surface area contributed by atoms with Crippen molar-refractivity contribution in [3.63, 3.8) is 0 Å². The summed E-state index contributed by atoms with van der Waals surface area (Å²) in [5.41, 5.74) is 12.6. The predicted octanol–water partition coefficient (Wildman–Crippen LogP) is 6.29. The van der Waals surface area contributed by atoms with E-state index in [4.69, 9.17) is 0 Å². The van der Waals surface area contributed by atoms with Crippen molar-refractivity contribution in [1.29, 1.82) is 0 Å². The number of hydrogen-bond acceptors (Lipinski definition) is 2. The molecule has 4 aromatic rings. The second-order valence-electron chi connectivity index (χ2n) is 14.4. The number of aryl methyl sites for hydroxylation is 2. The van der Waals surface area contributed by atoms with Crippen LogP contribution in [0.1, 0.15) is 128 Å². The molecular formula is C40H46Cl2S2Zr. The van der Waals surface area contributed by atoms with Crippen molar-refractivity contribution in [2.24, 2.45) is 0 Å². The summed E-state index contributed by atoms with van der Waals surface area (Å²) in [5.74, 6) is 0. The Morgan fingerprint density at radius 1 is 0.578 bits per heavy atom. The molecule has 2 heterocycles. The van der Waals surface area contributed by atoms with E-state index in [2.05, 4.69) is 128 Å². The van der Waals surface area contributed by atoms with Gasteiger partial charge in [-0.15, -0.1) is 0 Å². The first-order valence-electron chi connectivity index (χ1n) is 16.1. The minimum absolute atomic E-state index is 0. The summed E-state index contributed by atoms with van der Waals surface area (Å²) in [7, 11) is 0. The summed E-state index contributed by atoms with van der Waals surface area (Å²) in [5, 5.41) is 0. The number of hydrogen-bond donors (Lipinski definition) is 0. The molecule has 2 unspecified atom stereocenters. The first kappa shape index (κ1) is 36.6. The topological polar surface area (TPSA) is 0 Å². The molecular weight excluding hydrogens is 707 g/mol. The zero-order chi connectivity index (χ0) is 30.5. The second-order valence-corrected chi connectivity index (χ2v) is 20.4. The third-order valence-corrected chi connectivity index (χ3v) is 16.0. The summed E-state index contributed by atoms with van der Waals surface area (Å²) >= 11 is 3.01. The van der Waals surface area contributed by atoms with Gasteiger partial charge in [0.1, 0.15) is 0 Å². The zero-order valence-electron chi connectivity index (χ0n) is 28.0. The summed E-state index contributed by atoms with van der Waals surface area (Å²) in [6.45, 7) is 18.8. The van der Waals surface area contributed by atoms with Crippen molar-refractivity contribution in [1.82, 2.24) is 0 Å². The molecule has 2 aliphatic carbocycles. The fourth-order valence-electron chi connectivity index (χ4n) is 6.89. The van der Waals surface area contributed by atoms with Gasteiger partial charge in [0, 0.05) is 0 Å². The molecule has 0 nitrogen and oxygen atoms in total. The van der Waals surface area contributed by atoms with E-state index < -0.39 is 23.2 Å². The van der Waals surface area contributed by atoms with Gasteiger partial charge in [0.25, 0.3) is 0 Å². The molecule has 0 amide bonds. The Labute approximate surface area is 304 Å². The Balaban J connectivity index is 0.00000230. The monoisotopic (exact) mass is 750 g/mol. The second kappa shape index (κ2) is 14.5. The van der Waals surface area contributed by atoms with Crippen LogP contribution in [0.5, 0.6) is 0 Å². The number of benzene rings is 2. The molecule has 0 aliphatic heterocycles. The Hall–Kier alpha value is -1.22. The summed E-state index contributed by atoms with van der Waals surface area (Å²) in [6.07, 6.45) is 9.99. The molecule has 0 N–H and O–H groups in total. The van der Waals surface area contributed by atoms with E-state index in [0.717, 1.165) is 0 Å². The Morgan fingerprint density at radius 3 is 1.33 bits per heavy atom. The first-order chi connectivity index (χ1) is 20.5. The number of halogens is 2. The molecule has 0 radical (unpaired) electrons. The van der Waals surface area contributed by atoms with E-state index in [-0.39, 0.29) is 35.6 Å². The van der Waals surface area contributed by atoms with Crippen molar-refractivity contribution in [2.45, 2.75) is 99.2 Å². The van der Waals surface area contributed by atoms with Crippen molar-refractivity contribution < 1.29 is 48.0 Å². The van der Waals surface area contributed by atoms with Crippen LogP contribution < -0.4 is 24.8 Å². The van der Waals surface area contributed by atoms with E-state index >= 15 is 0 Å². The summed E-state index contributed by atoms with van der Waals surface area (Å²) < 4.78 is 1.09. The van der Waals surface area contributed by atoms with Crippen LogP contribution >= 0.6 is 22.7 Å². The third kappa shape index (κ3) is 7.29. The van der Waals surface area contributed by atoms with Crippen LogP contribution in [0.3, 0.4) is 0 Å². The molecule has 2 aromatic carbocycles. The first-order valence-corrected chi connectivity index (χ1v) is 20.6. The maximum Gasteiger partial charge on any atom is -1.00 e. The van der Waals surface area contributed by atoms with Gasteiger partial charge in [-0.05, 0) is 0 Å². The van der Waals surface area contributed by atoms with Gasteiger partial charge >= 0.3 is 282 Å². The molecule has 0 fully saturated rings. The number of thiophene rings is 2. The smallest absolute Gasteiger partial charge is 1.00 e. The van der Waals surface area contributed by atoms with Crippen LogP contribution in [0, 0.1) is 0 Å². The minimum atomic E-state index is -1.08. The van der Waals surface area contributed by atoms with Crippen LogP contribution in [0.15, 0.2) is 60.7 Å². The Morgan fingerprint density at radius 2 is 0.978 bits per heavy atom. The van der Waals surface area contributed by atoms with Gasteiger partial charge in [0.05, 0.1) is 0 Å². The summed E-state index contributed by atoms with van der Waals surface area (Å²) in [6, 6.07) is 24.0. The van der Waals surface area contributed by atoms with Gasteiger partial charge in [0.2, 0.25) is 0 Å².